The highest BCUT2D eigenvalue weighted by Gasteiger charge is 2.24. The molecule has 2 heterocycles. The van der Waals surface area contributed by atoms with Gasteiger partial charge in [-0.15, -0.1) is 11.3 Å². The minimum Gasteiger partial charge on any atom is -0.379 e. The lowest BCUT2D eigenvalue weighted by molar-refractivity contribution is 0.0169. The second-order valence-electron chi connectivity index (χ2n) is 5.70. The average Bonchev–Trinajstić information content (AvgIpc) is 3.10. The zero-order chi connectivity index (χ0) is 16.1. The van der Waals surface area contributed by atoms with E-state index in [9.17, 15) is 4.79 Å². The van der Waals surface area contributed by atoms with Crippen molar-refractivity contribution in [2.45, 2.75) is 13.0 Å². The number of nitrogens with zero attached hydrogens (tertiary/aromatic N) is 1. The number of aryl methyl sites for hydroxylation is 1. The Bertz CT molecular complexity index is 636. The van der Waals surface area contributed by atoms with Gasteiger partial charge in [-0.25, -0.2) is 0 Å². The predicted octanol–water partition coefficient (Wildman–Crippen LogP) is 2.86. The quantitative estimate of drug-likeness (QED) is 0.916. The normalized spacial score (nSPS) is 16.9. The first-order valence-corrected chi connectivity index (χ1v) is 8.82. The number of rotatable bonds is 5. The summed E-state index contributed by atoms with van der Waals surface area (Å²) in [5, 5.41) is 5.20. The lowest BCUT2D eigenvalue weighted by Gasteiger charge is -2.34. The molecule has 4 nitrogen and oxygen atoms in total. The van der Waals surface area contributed by atoms with E-state index in [1.165, 1.54) is 4.88 Å². The van der Waals surface area contributed by atoms with E-state index < -0.39 is 0 Å². The van der Waals surface area contributed by atoms with Crippen LogP contribution in [0.25, 0.3) is 0 Å². The summed E-state index contributed by atoms with van der Waals surface area (Å²) in [6.07, 6.45) is 0. The second kappa shape index (κ2) is 7.73. The molecule has 5 heteroatoms. The van der Waals surface area contributed by atoms with Crippen LogP contribution in [0.2, 0.25) is 0 Å². The maximum atomic E-state index is 12.5. The summed E-state index contributed by atoms with van der Waals surface area (Å²) in [6.45, 7) is 5.91. The van der Waals surface area contributed by atoms with Gasteiger partial charge in [0.05, 0.1) is 19.3 Å². The predicted molar refractivity (Wildman–Crippen MR) is 93.0 cm³/mol. The fourth-order valence-electron chi connectivity index (χ4n) is 2.89. The van der Waals surface area contributed by atoms with E-state index in [1.807, 2.05) is 31.2 Å². The maximum Gasteiger partial charge on any atom is 0.251 e. The fourth-order valence-corrected chi connectivity index (χ4v) is 3.75. The molecule has 1 aliphatic rings. The Morgan fingerprint density at radius 2 is 2.04 bits per heavy atom. The monoisotopic (exact) mass is 330 g/mol. The van der Waals surface area contributed by atoms with Gasteiger partial charge in [0.15, 0.2) is 0 Å². The third-order valence-electron chi connectivity index (χ3n) is 4.20. The van der Waals surface area contributed by atoms with Crippen molar-refractivity contribution >= 4 is 17.2 Å². The molecule has 3 rings (SSSR count). The van der Waals surface area contributed by atoms with Crippen LogP contribution in [0.1, 0.15) is 26.8 Å². The van der Waals surface area contributed by atoms with Crippen molar-refractivity contribution < 1.29 is 9.53 Å². The third kappa shape index (κ3) is 3.99. The van der Waals surface area contributed by atoms with Crippen molar-refractivity contribution in [3.63, 3.8) is 0 Å². The molecule has 1 atom stereocenters. The molecule has 122 valence electrons. The summed E-state index contributed by atoms with van der Waals surface area (Å²) in [7, 11) is 0. The summed E-state index contributed by atoms with van der Waals surface area (Å²) in [6, 6.07) is 12.1. The van der Waals surface area contributed by atoms with E-state index in [0.29, 0.717) is 6.54 Å². The van der Waals surface area contributed by atoms with E-state index in [4.69, 9.17) is 4.74 Å². The van der Waals surface area contributed by atoms with Gasteiger partial charge in [0.2, 0.25) is 0 Å². The van der Waals surface area contributed by atoms with E-state index in [1.54, 1.807) is 11.3 Å². The molecule has 0 unspecified atom stereocenters. The van der Waals surface area contributed by atoms with Gasteiger partial charge < -0.3 is 10.1 Å². The molecule has 0 aliphatic carbocycles. The first-order chi connectivity index (χ1) is 11.3. The highest BCUT2D eigenvalue weighted by atomic mass is 32.1. The van der Waals surface area contributed by atoms with Gasteiger partial charge in [-0.2, -0.15) is 0 Å². The van der Waals surface area contributed by atoms with Gasteiger partial charge in [-0.1, -0.05) is 24.3 Å². The summed E-state index contributed by atoms with van der Waals surface area (Å²) >= 11 is 1.74. The topological polar surface area (TPSA) is 41.6 Å². The molecule has 0 radical (unpaired) electrons. The molecule has 23 heavy (non-hydrogen) atoms. The van der Waals surface area contributed by atoms with Crippen LogP contribution in [0, 0.1) is 6.92 Å². The molecule has 0 bridgehead atoms. The van der Waals surface area contributed by atoms with Crippen LogP contribution in [0.4, 0.5) is 0 Å². The Hall–Kier alpha value is -1.69. The van der Waals surface area contributed by atoms with Crippen LogP contribution in [0.5, 0.6) is 0 Å². The highest BCUT2D eigenvalue weighted by Crippen LogP contribution is 2.25. The Kier molecular flexibility index (Phi) is 5.43. The number of hydrogen-bond donors (Lipinski definition) is 1. The number of amides is 1. The number of hydrogen-bond acceptors (Lipinski definition) is 4. The summed E-state index contributed by atoms with van der Waals surface area (Å²) in [5.74, 6) is -0.00193. The SMILES string of the molecule is Cc1ccccc1C(=O)NC[C@H](c1cccs1)N1CCOCC1. The lowest BCUT2D eigenvalue weighted by atomic mass is 10.1. The van der Waals surface area contributed by atoms with Gasteiger partial charge in [0.25, 0.3) is 5.91 Å². The second-order valence-corrected chi connectivity index (χ2v) is 6.68. The molecule has 1 aromatic carbocycles. The van der Waals surface area contributed by atoms with Gasteiger partial charge in [0, 0.05) is 30.1 Å². The van der Waals surface area contributed by atoms with Crippen molar-refractivity contribution in [1.29, 1.82) is 0 Å². The van der Waals surface area contributed by atoms with Crippen molar-refractivity contribution in [1.82, 2.24) is 10.2 Å². The third-order valence-corrected chi connectivity index (χ3v) is 5.18. The number of morpholine rings is 1. The summed E-state index contributed by atoms with van der Waals surface area (Å²) < 4.78 is 5.45. The zero-order valence-electron chi connectivity index (χ0n) is 13.3. The first-order valence-electron chi connectivity index (χ1n) is 7.95. The molecule has 1 saturated heterocycles. The molecule has 1 fully saturated rings. The molecule has 2 aromatic rings. The van der Waals surface area contributed by atoms with Crippen LogP contribution in [0.15, 0.2) is 41.8 Å². The van der Waals surface area contributed by atoms with E-state index in [0.717, 1.165) is 37.4 Å². The number of carbonyl (C=O) groups is 1. The van der Waals surface area contributed by atoms with Gasteiger partial charge >= 0.3 is 0 Å². The van der Waals surface area contributed by atoms with Crippen molar-refractivity contribution in [3.8, 4) is 0 Å². The smallest absolute Gasteiger partial charge is 0.251 e. The van der Waals surface area contributed by atoms with Crippen LogP contribution < -0.4 is 5.32 Å². The van der Waals surface area contributed by atoms with Crippen molar-refractivity contribution in [3.05, 3.63) is 57.8 Å². The molecular formula is C18H22N2O2S. The van der Waals surface area contributed by atoms with Crippen LogP contribution in [-0.4, -0.2) is 43.7 Å². The van der Waals surface area contributed by atoms with Gasteiger partial charge in [-0.05, 0) is 30.0 Å². The van der Waals surface area contributed by atoms with E-state index in [2.05, 4.69) is 27.7 Å². The Labute approximate surface area is 141 Å². The Balaban J connectivity index is 1.69. The molecule has 1 N–H and O–H groups in total. The van der Waals surface area contributed by atoms with Crippen LogP contribution in [0.3, 0.4) is 0 Å². The van der Waals surface area contributed by atoms with Gasteiger partial charge in [-0.3, -0.25) is 9.69 Å². The number of thiophene rings is 1. The van der Waals surface area contributed by atoms with Crippen LogP contribution >= 0.6 is 11.3 Å². The highest BCUT2D eigenvalue weighted by molar-refractivity contribution is 7.10. The molecule has 1 aromatic heterocycles. The molecule has 1 amide bonds. The Morgan fingerprint density at radius 1 is 1.26 bits per heavy atom. The van der Waals surface area contributed by atoms with Gasteiger partial charge in [0.1, 0.15) is 0 Å². The molecule has 1 aliphatic heterocycles. The molecular weight excluding hydrogens is 308 g/mol. The number of carbonyl (C=O) groups excluding carboxylic acids is 1. The number of ether oxygens (including phenoxy) is 1. The zero-order valence-corrected chi connectivity index (χ0v) is 14.1. The molecule has 0 saturated carbocycles. The standard InChI is InChI=1S/C18H22N2O2S/c1-14-5-2-3-6-15(14)18(21)19-13-16(17-7-4-12-23-17)20-8-10-22-11-9-20/h2-7,12,16H,8-11,13H2,1H3,(H,19,21)/t16-/m1/s1. The van der Waals surface area contributed by atoms with Crippen molar-refractivity contribution in [2.75, 3.05) is 32.8 Å². The summed E-state index contributed by atoms with van der Waals surface area (Å²) in [5.41, 5.74) is 1.75. The van der Waals surface area contributed by atoms with E-state index >= 15 is 0 Å². The number of nitrogens with one attached hydrogen (secondary N) is 1. The minimum atomic E-state index is -0.00193. The maximum absolute atomic E-state index is 12.5. The van der Waals surface area contributed by atoms with Crippen molar-refractivity contribution in [2.24, 2.45) is 0 Å². The minimum absolute atomic E-state index is 0.00193. The molecule has 0 spiro atoms. The first kappa shape index (κ1) is 16.2. The Morgan fingerprint density at radius 3 is 2.74 bits per heavy atom. The van der Waals surface area contributed by atoms with E-state index in [-0.39, 0.29) is 11.9 Å². The average molecular weight is 330 g/mol. The number of benzene rings is 1. The van der Waals surface area contributed by atoms with Crippen LogP contribution in [-0.2, 0) is 4.74 Å². The largest absolute Gasteiger partial charge is 0.379 e. The lowest BCUT2D eigenvalue weighted by Crippen LogP contribution is -2.43. The summed E-state index contributed by atoms with van der Waals surface area (Å²) in [4.78, 5) is 16.2. The fraction of sp³-hybridized carbons (Fsp3) is 0.389.